The summed E-state index contributed by atoms with van der Waals surface area (Å²) in [6.07, 6.45) is -0.276. The van der Waals surface area contributed by atoms with Gasteiger partial charge in [0.25, 0.3) is 0 Å². The van der Waals surface area contributed by atoms with Gasteiger partial charge < -0.3 is 10.8 Å². The molecule has 1 atom stereocenters. The summed E-state index contributed by atoms with van der Waals surface area (Å²) >= 11 is 0. The van der Waals surface area contributed by atoms with Crippen LogP contribution >= 0.6 is 0 Å². The van der Waals surface area contributed by atoms with E-state index in [1.807, 2.05) is 0 Å². The minimum absolute atomic E-state index is 0.0667. The highest BCUT2D eigenvalue weighted by molar-refractivity contribution is 5.76. The van der Waals surface area contributed by atoms with Gasteiger partial charge in [0.05, 0.1) is 6.42 Å². The molecule has 11 heavy (non-hydrogen) atoms. The van der Waals surface area contributed by atoms with E-state index in [2.05, 4.69) is 5.43 Å². The Balaban J connectivity index is 3.76. The molecule has 0 aliphatic carbocycles. The van der Waals surface area contributed by atoms with Gasteiger partial charge >= 0.3 is 5.97 Å². The van der Waals surface area contributed by atoms with Crippen molar-refractivity contribution in [3.8, 4) is 0 Å². The Morgan fingerprint density at radius 1 is 1.45 bits per heavy atom. The second-order valence-electron chi connectivity index (χ2n) is 2.13. The van der Waals surface area contributed by atoms with Gasteiger partial charge in [-0.25, -0.2) is 0 Å². The molecule has 64 valence electrons. The van der Waals surface area contributed by atoms with E-state index in [0.717, 1.165) is 0 Å². The van der Waals surface area contributed by atoms with Crippen molar-refractivity contribution >= 4 is 11.9 Å². The molecule has 0 fully saturated rings. The Bertz CT molecular complexity index is 143. The zero-order chi connectivity index (χ0) is 8.85. The molecule has 0 aliphatic rings. The highest BCUT2D eigenvalue weighted by Crippen LogP contribution is 1.95. The lowest BCUT2D eigenvalue weighted by Crippen LogP contribution is -2.39. The third kappa shape index (κ3) is 5.31. The number of aliphatic carboxylic acids is 1. The van der Waals surface area contributed by atoms with Crippen LogP contribution in [0.3, 0.4) is 0 Å². The minimum atomic E-state index is -1.02. The molecule has 6 heteroatoms. The number of amides is 1. The molecule has 6 nitrogen and oxygen atoms in total. The van der Waals surface area contributed by atoms with E-state index in [-0.39, 0.29) is 12.8 Å². The molecule has 0 saturated carbocycles. The van der Waals surface area contributed by atoms with Crippen LogP contribution in [0.2, 0.25) is 0 Å². The quantitative estimate of drug-likeness (QED) is 0.279. The lowest BCUT2D eigenvalue weighted by atomic mass is 10.1. The molecule has 0 heterocycles. The van der Waals surface area contributed by atoms with E-state index in [0.29, 0.717) is 0 Å². The van der Waals surface area contributed by atoms with Crippen molar-refractivity contribution in [2.24, 2.45) is 11.6 Å². The first-order chi connectivity index (χ1) is 5.06. The van der Waals surface area contributed by atoms with Crippen LogP contribution in [0.15, 0.2) is 0 Å². The van der Waals surface area contributed by atoms with Gasteiger partial charge in [-0.05, 0) is 0 Å². The van der Waals surface area contributed by atoms with Crippen molar-refractivity contribution in [2.45, 2.75) is 18.9 Å². The molecule has 0 aromatic heterocycles. The van der Waals surface area contributed by atoms with Gasteiger partial charge in [0.15, 0.2) is 0 Å². The number of carboxylic acid groups (broad SMARTS) is 1. The zero-order valence-corrected chi connectivity index (χ0v) is 5.91. The van der Waals surface area contributed by atoms with E-state index in [9.17, 15) is 9.59 Å². The van der Waals surface area contributed by atoms with Gasteiger partial charge in [0.2, 0.25) is 5.91 Å². The van der Waals surface area contributed by atoms with Gasteiger partial charge in [0, 0.05) is 12.5 Å². The lowest BCUT2D eigenvalue weighted by molar-refractivity contribution is -0.137. The fourth-order valence-corrected chi connectivity index (χ4v) is 0.644. The first-order valence-electron chi connectivity index (χ1n) is 3.02. The van der Waals surface area contributed by atoms with Gasteiger partial charge in [-0.15, -0.1) is 0 Å². The summed E-state index contributed by atoms with van der Waals surface area (Å²) in [5.74, 6) is 3.35. The number of nitrogens with one attached hydrogen (secondary N) is 1. The Morgan fingerprint density at radius 2 is 2.00 bits per heavy atom. The molecule has 0 spiro atoms. The van der Waals surface area contributed by atoms with Crippen LogP contribution in [0.25, 0.3) is 0 Å². The number of carboxylic acids is 1. The summed E-state index contributed by atoms with van der Waals surface area (Å²) in [4.78, 5) is 20.4. The van der Waals surface area contributed by atoms with Gasteiger partial charge in [-0.1, -0.05) is 0 Å². The number of nitrogens with two attached hydrogens (primary N) is 2. The van der Waals surface area contributed by atoms with Crippen LogP contribution in [0.5, 0.6) is 0 Å². The maximum atomic E-state index is 10.3. The largest absolute Gasteiger partial charge is 0.481 e. The van der Waals surface area contributed by atoms with Crippen LogP contribution in [0.4, 0.5) is 0 Å². The standard InChI is InChI=1S/C5H11N3O3/c6-4(9)1-3(8-7)2-5(10)11/h3,8H,1-2,7H2,(H2,6,9)(H,10,11)/t3-/m0/s1. The first kappa shape index (κ1) is 9.86. The smallest absolute Gasteiger partial charge is 0.304 e. The monoisotopic (exact) mass is 161 g/mol. The lowest BCUT2D eigenvalue weighted by Gasteiger charge is -2.09. The normalized spacial score (nSPS) is 12.5. The van der Waals surface area contributed by atoms with Crippen LogP contribution < -0.4 is 17.0 Å². The summed E-state index contributed by atoms with van der Waals surface area (Å²) in [5, 5.41) is 8.28. The molecule has 0 aromatic carbocycles. The van der Waals surface area contributed by atoms with Crippen LogP contribution in [0, 0.1) is 0 Å². The number of hydrogen-bond donors (Lipinski definition) is 4. The molecular weight excluding hydrogens is 150 g/mol. The van der Waals surface area contributed by atoms with Crippen LogP contribution in [0.1, 0.15) is 12.8 Å². The van der Waals surface area contributed by atoms with Crippen LogP contribution in [-0.2, 0) is 9.59 Å². The Labute approximate surface area is 63.5 Å². The molecule has 0 radical (unpaired) electrons. The van der Waals surface area contributed by atoms with E-state index in [1.165, 1.54) is 0 Å². The molecule has 6 N–H and O–H groups in total. The minimum Gasteiger partial charge on any atom is -0.481 e. The van der Waals surface area contributed by atoms with Gasteiger partial charge in [0.1, 0.15) is 0 Å². The summed E-state index contributed by atoms with van der Waals surface area (Å²) in [7, 11) is 0. The van der Waals surface area contributed by atoms with E-state index in [4.69, 9.17) is 16.7 Å². The first-order valence-corrected chi connectivity index (χ1v) is 3.02. The van der Waals surface area contributed by atoms with Crippen LogP contribution in [-0.4, -0.2) is 23.0 Å². The number of carbonyl (C=O) groups excluding carboxylic acids is 1. The Kier molecular flexibility index (Phi) is 4.16. The molecular formula is C5H11N3O3. The predicted molar refractivity (Wildman–Crippen MR) is 37.2 cm³/mol. The van der Waals surface area contributed by atoms with Crippen molar-refractivity contribution < 1.29 is 14.7 Å². The second kappa shape index (κ2) is 4.64. The maximum Gasteiger partial charge on any atom is 0.304 e. The second-order valence-corrected chi connectivity index (χ2v) is 2.13. The Hall–Kier alpha value is -1.14. The Morgan fingerprint density at radius 3 is 2.27 bits per heavy atom. The SMILES string of the molecule is NN[C@@H](CC(N)=O)CC(=O)O. The summed E-state index contributed by atoms with van der Waals surface area (Å²) in [6, 6.07) is -0.579. The average Bonchev–Trinajstić information content (AvgIpc) is 1.84. The molecule has 0 aromatic rings. The number of hydrogen-bond acceptors (Lipinski definition) is 4. The fourth-order valence-electron chi connectivity index (χ4n) is 0.644. The third-order valence-electron chi connectivity index (χ3n) is 1.10. The van der Waals surface area contributed by atoms with Crippen molar-refractivity contribution in [1.82, 2.24) is 5.43 Å². The molecule has 0 unspecified atom stereocenters. The zero-order valence-electron chi connectivity index (χ0n) is 5.91. The topological polar surface area (TPSA) is 118 Å². The summed E-state index contributed by atoms with van der Waals surface area (Å²) < 4.78 is 0. The van der Waals surface area contributed by atoms with Gasteiger partial charge in [-0.3, -0.25) is 20.9 Å². The number of primary amides is 1. The highest BCUT2D eigenvalue weighted by atomic mass is 16.4. The molecule has 0 saturated heterocycles. The average molecular weight is 161 g/mol. The number of carbonyl (C=O) groups is 2. The molecule has 0 aliphatic heterocycles. The van der Waals surface area contributed by atoms with Crippen molar-refractivity contribution in [3.63, 3.8) is 0 Å². The summed E-state index contributed by atoms with van der Waals surface area (Å²) in [6.45, 7) is 0. The molecule has 0 rings (SSSR count). The van der Waals surface area contributed by atoms with E-state index < -0.39 is 17.9 Å². The molecule has 0 bridgehead atoms. The van der Waals surface area contributed by atoms with Crippen molar-refractivity contribution in [2.75, 3.05) is 0 Å². The maximum absolute atomic E-state index is 10.3. The molecule has 1 amide bonds. The van der Waals surface area contributed by atoms with E-state index in [1.54, 1.807) is 0 Å². The van der Waals surface area contributed by atoms with E-state index >= 15 is 0 Å². The fraction of sp³-hybridized carbons (Fsp3) is 0.600. The highest BCUT2D eigenvalue weighted by Gasteiger charge is 2.13. The number of hydrazine groups is 1. The van der Waals surface area contributed by atoms with Gasteiger partial charge in [-0.2, -0.15) is 0 Å². The summed E-state index contributed by atoms with van der Waals surface area (Å²) in [5.41, 5.74) is 7.00. The third-order valence-corrected chi connectivity index (χ3v) is 1.10. The predicted octanol–water partition coefficient (Wildman–Crippen LogP) is -1.83. The van der Waals surface area contributed by atoms with Crippen molar-refractivity contribution in [1.29, 1.82) is 0 Å². The number of rotatable bonds is 5. The van der Waals surface area contributed by atoms with Crippen molar-refractivity contribution in [3.05, 3.63) is 0 Å².